The smallest absolute Gasteiger partial charge is 0.276 e. The third kappa shape index (κ3) is 2.93. The summed E-state index contributed by atoms with van der Waals surface area (Å²) in [5.41, 5.74) is 0.364. The van der Waals surface area contributed by atoms with Gasteiger partial charge in [0.15, 0.2) is 11.5 Å². The number of carbonyl (C=O) groups excluding carboxylic acids is 1. The molecule has 24 heavy (non-hydrogen) atoms. The van der Waals surface area contributed by atoms with Crippen molar-refractivity contribution in [1.29, 1.82) is 0 Å². The third-order valence-corrected chi connectivity index (χ3v) is 4.67. The van der Waals surface area contributed by atoms with Crippen molar-refractivity contribution in [2.45, 2.75) is 38.6 Å². The quantitative estimate of drug-likeness (QED) is 0.821. The van der Waals surface area contributed by atoms with E-state index in [0.717, 1.165) is 37.7 Å². The number of fused-ring (bicyclic) bond motifs is 1. The van der Waals surface area contributed by atoms with Crippen LogP contribution in [0.2, 0.25) is 0 Å². The number of aromatic nitrogens is 4. The normalized spacial score (nSPS) is 19.1. The van der Waals surface area contributed by atoms with Crippen LogP contribution >= 0.6 is 0 Å². The molecule has 0 aromatic carbocycles. The highest BCUT2D eigenvalue weighted by molar-refractivity contribution is 5.92. The molecule has 0 saturated carbocycles. The lowest BCUT2D eigenvalue weighted by atomic mass is 10.00. The SMILES string of the molecule is Cc1cc(C(=O)N2CCc3nc(C4CCOCC4)nn3CC2)no1. The Morgan fingerprint density at radius 1 is 1.25 bits per heavy atom. The van der Waals surface area contributed by atoms with Crippen LogP contribution in [0.3, 0.4) is 0 Å². The molecule has 4 heterocycles. The molecule has 8 heteroatoms. The number of hydrogen-bond donors (Lipinski definition) is 0. The summed E-state index contributed by atoms with van der Waals surface area (Å²) in [7, 11) is 0. The molecule has 2 aliphatic heterocycles. The number of nitrogens with zero attached hydrogens (tertiary/aromatic N) is 5. The fourth-order valence-electron chi connectivity index (χ4n) is 3.28. The molecule has 0 atom stereocenters. The highest BCUT2D eigenvalue weighted by atomic mass is 16.5. The first kappa shape index (κ1) is 15.3. The predicted molar refractivity (Wildman–Crippen MR) is 83.7 cm³/mol. The average molecular weight is 331 g/mol. The maximum absolute atomic E-state index is 12.5. The van der Waals surface area contributed by atoms with E-state index in [-0.39, 0.29) is 5.91 Å². The van der Waals surface area contributed by atoms with Crippen LogP contribution < -0.4 is 0 Å². The number of aryl methyl sites for hydroxylation is 1. The van der Waals surface area contributed by atoms with Crippen LogP contribution in [0.15, 0.2) is 10.6 Å². The molecule has 8 nitrogen and oxygen atoms in total. The van der Waals surface area contributed by atoms with Crippen LogP contribution in [0, 0.1) is 6.92 Å². The van der Waals surface area contributed by atoms with Crippen LogP contribution in [-0.2, 0) is 17.7 Å². The zero-order valence-electron chi connectivity index (χ0n) is 13.8. The number of amides is 1. The van der Waals surface area contributed by atoms with Crippen molar-refractivity contribution in [3.63, 3.8) is 0 Å². The minimum Gasteiger partial charge on any atom is -0.381 e. The highest BCUT2D eigenvalue weighted by Crippen LogP contribution is 2.25. The molecule has 1 amide bonds. The Morgan fingerprint density at radius 2 is 2.08 bits per heavy atom. The number of carbonyl (C=O) groups is 1. The second kappa shape index (κ2) is 6.35. The number of rotatable bonds is 2. The summed E-state index contributed by atoms with van der Waals surface area (Å²) >= 11 is 0. The first-order valence-corrected chi connectivity index (χ1v) is 8.44. The first-order valence-electron chi connectivity index (χ1n) is 8.44. The van der Waals surface area contributed by atoms with Crippen molar-refractivity contribution in [1.82, 2.24) is 24.8 Å². The lowest BCUT2D eigenvalue weighted by Gasteiger charge is -2.20. The first-order chi connectivity index (χ1) is 11.7. The standard InChI is InChI=1S/C16H21N5O3/c1-11-10-13(19-24-11)16(22)20-5-2-14-17-15(18-21(14)7-6-20)12-3-8-23-9-4-12/h10,12H,2-9H2,1H3. The Bertz CT molecular complexity index is 706. The zero-order chi connectivity index (χ0) is 16.5. The minimum atomic E-state index is -0.0951. The van der Waals surface area contributed by atoms with Gasteiger partial charge in [-0.05, 0) is 19.8 Å². The molecular formula is C16H21N5O3. The fraction of sp³-hybridized carbons (Fsp3) is 0.625. The van der Waals surface area contributed by atoms with Gasteiger partial charge in [-0.25, -0.2) is 9.67 Å². The van der Waals surface area contributed by atoms with Crippen molar-refractivity contribution in [3.05, 3.63) is 29.2 Å². The van der Waals surface area contributed by atoms with Crippen molar-refractivity contribution in [3.8, 4) is 0 Å². The Morgan fingerprint density at radius 3 is 2.83 bits per heavy atom. The Kier molecular flexibility index (Phi) is 4.05. The van der Waals surface area contributed by atoms with Crippen molar-refractivity contribution in [2.75, 3.05) is 26.3 Å². The van der Waals surface area contributed by atoms with Crippen molar-refractivity contribution in [2.24, 2.45) is 0 Å². The molecule has 2 aromatic heterocycles. The average Bonchev–Trinajstić information content (AvgIpc) is 3.17. The molecule has 0 aliphatic carbocycles. The van der Waals surface area contributed by atoms with Gasteiger partial charge in [-0.2, -0.15) is 5.10 Å². The van der Waals surface area contributed by atoms with Gasteiger partial charge in [0.05, 0.1) is 6.54 Å². The lowest BCUT2D eigenvalue weighted by molar-refractivity contribution is 0.0746. The van der Waals surface area contributed by atoms with Crippen LogP contribution in [-0.4, -0.2) is 57.0 Å². The predicted octanol–water partition coefficient (Wildman–Crippen LogP) is 1.17. The van der Waals surface area contributed by atoms with Gasteiger partial charge in [0, 0.05) is 44.7 Å². The number of ether oxygens (including phenoxy) is 1. The molecule has 128 valence electrons. The van der Waals surface area contributed by atoms with Crippen LogP contribution in [0.1, 0.15) is 46.7 Å². The van der Waals surface area contributed by atoms with E-state index in [1.54, 1.807) is 17.9 Å². The molecular weight excluding hydrogens is 310 g/mol. The van der Waals surface area contributed by atoms with Gasteiger partial charge in [-0.15, -0.1) is 0 Å². The molecule has 2 aromatic rings. The summed E-state index contributed by atoms with van der Waals surface area (Å²) in [6.45, 7) is 5.24. The second-order valence-corrected chi connectivity index (χ2v) is 6.36. The van der Waals surface area contributed by atoms with E-state index in [1.165, 1.54) is 0 Å². The van der Waals surface area contributed by atoms with Gasteiger partial charge >= 0.3 is 0 Å². The maximum Gasteiger partial charge on any atom is 0.276 e. The Balaban J connectivity index is 1.45. The monoisotopic (exact) mass is 331 g/mol. The lowest BCUT2D eigenvalue weighted by Crippen LogP contribution is -2.34. The van der Waals surface area contributed by atoms with E-state index in [1.807, 2.05) is 4.68 Å². The molecule has 0 bridgehead atoms. The third-order valence-electron chi connectivity index (χ3n) is 4.67. The van der Waals surface area contributed by atoms with Gasteiger partial charge in [-0.3, -0.25) is 4.79 Å². The molecule has 2 aliphatic rings. The molecule has 0 radical (unpaired) electrons. The maximum atomic E-state index is 12.5. The van der Waals surface area contributed by atoms with Gasteiger partial charge < -0.3 is 14.2 Å². The van der Waals surface area contributed by atoms with Crippen LogP contribution in [0.25, 0.3) is 0 Å². The van der Waals surface area contributed by atoms with Crippen LogP contribution in [0.4, 0.5) is 0 Å². The summed E-state index contributed by atoms with van der Waals surface area (Å²) in [4.78, 5) is 19.0. The summed E-state index contributed by atoms with van der Waals surface area (Å²) in [5, 5.41) is 8.50. The Labute approximate surface area is 139 Å². The topological polar surface area (TPSA) is 86.3 Å². The molecule has 0 spiro atoms. The van der Waals surface area contributed by atoms with Gasteiger partial charge in [0.2, 0.25) is 0 Å². The van der Waals surface area contributed by atoms with Crippen molar-refractivity contribution < 1.29 is 14.1 Å². The van der Waals surface area contributed by atoms with E-state index < -0.39 is 0 Å². The van der Waals surface area contributed by atoms with E-state index in [0.29, 0.717) is 43.4 Å². The molecule has 0 N–H and O–H groups in total. The van der Waals surface area contributed by atoms with Gasteiger partial charge in [0.1, 0.15) is 11.6 Å². The van der Waals surface area contributed by atoms with E-state index in [9.17, 15) is 4.79 Å². The summed E-state index contributed by atoms with van der Waals surface area (Å²) in [6.07, 6.45) is 2.68. The second-order valence-electron chi connectivity index (χ2n) is 6.36. The molecule has 1 saturated heterocycles. The van der Waals surface area contributed by atoms with Gasteiger partial charge in [0.25, 0.3) is 5.91 Å². The van der Waals surface area contributed by atoms with Crippen molar-refractivity contribution >= 4 is 5.91 Å². The van der Waals surface area contributed by atoms with E-state index >= 15 is 0 Å². The summed E-state index contributed by atoms with van der Waals surface area (Å²) in [6, 6.07) is 1.67. The molecule has 1 fully saturated rings. The summed E-state index contributed by atoms with van der Waals surface area (Å²) < 4.78 is 12.4. The largest absolute Gasteiger partial charge is 0.381 e. The van der Waals surface area contributed by atoms with Gasteiger partial charge in [-0.1, -0.05) is 5.16 Å². The zero-order valence-corrected chi connectivity index (χ0v) is 13.8. The molecule has 4 rings (SSSR count). The molecule has 0 unspecified atom stereocenters. The fourth-order valence-corrected chi connectivity index (χ4v) is 3.28. The highest BCUT2D eigenvalue weighted by Gasteiger charge is 2.26. The minimum absolute atomic E-state index is 0.0951. The number of hydrogen-bond acceptors (Lipinski definition) is 6. The summed E-state index contributed by atoms with van der Waals surface area (Å²) in [5.74, 6) is 2.84. The van der Waals surface area contributed by atoms with E-state index in [4.69, 9.17) is 14.2 Å². The van der Waals surface area contributed by atoms with Crippen LogP contribution in [0.5, 0.6) is 0 Å². The Hall–Kier alpha value is -2.22. The van der Waals surface area contributed by atoms with E-state index in [2.05, 4.69) is 10.3 Å².